The van der Waals surface area contributed by atoms with Gasteiger partial charge in [-0.25, -0.2) is 0 Å². The zero-order chi connectivity index (χ0) is 28.0. The molecule has 0 aromatic heterocycles. The Morgan fingerprint density at radius 1 is 0.643 bits per heavy atom. The minimum atomic E-state index is 0. The van der Waals surface area contributed by atoms with Gasteiger partial charge in [-0.1, -0.05) is 110 Å². The van der Waals surface area contributed by atoms with E-state index in [0.29, 0.717) is 18.0 Å². The zero-order valence-electron chi connectivity index (χ0n) is 27.2. The van der Waals surface area contributed by atoms with Crippen LogP contribution in [0, 0.1) is 22.7 Å². The Bertz CT molecular complexity index is 740. The highest BCUT2D eigenvalue weighted by Crippen LogP contribution is 2.32. The van der Waals surface area contributed by atoms with Gasteiger partial charge >= 0.3 is 0 Å². The molecule has 246 valence electrons. The first-order chi connectivity index (χ1) is 19.7. The zero-order valence-corrected chi connectivity index (χ0v) is 29.2. The second-order valence-corrected chi connectivity index (χ2v) is 13.8. The van der Waals surface area contributed by atoms with E-state index in [2.05, 4.69) is 26.9 Å². The largest absolute Gasteiger partial charge is 0.354 e. The van der Waals surface area contributed by atoms with Crippen molar-refractivity contribution < 1.29 is 0 Å². The van der Waals surface area contributed by atoms with Crippen LogP contribution in [0.5, 0.6) is 0 Å². The van der Waals surface area contributed by atoms with Crippen molar-refractivity contribution in [3.8, 4) is 0 Å². The molecule has 0 aromatic carbocycles. The maximum absolute atomic E-state index is 9.06. The van der Waals surface area contributed by atoms with Crippen LogP contribution in [0.1, 0.15) is 148 Å². The highest BCUT2D eigenvalue weighted by molar-refractivity contribution is 7.59. The molecule has 0 unspecified atom stereocenters. The van der Waals surface area contributed by atoms with Gasteiger partial charge in [-0.3, -0.25) is 10.8 Å². The summed E-state index contributed by atoms with van der Waals surface area (Å²) in [4.78, 5) is 7.27. The fourth-order valence-electron chi connectivity index (χ4n) is 8.21. The fraction of sp³-hybridized carbons (Fsp3) is 0.941. The third-order valence-corrected chi connectivity index (χ3v) is 10.7. The van der Waals surface area contributed by atoms with Gasteiger partial charge in [0.25, 0.3) is 0 Å². The van der Waals surface area contributed by atoms with Crippen LogP contribution in [-0.4, -0.2) is 71.4 Å². The molecule has 2 saturated carbocycles. The molecular formula is C34H68N6S2. The molecule has 42 heavy (non-hydrogen) atoms. The minimum Gasteiger partial charge on any atom is -0.354 e. The fourth-order valence-corrected chi connectivity index (χ4v) is 8.21. The van der Waals surface area contributed by atoms with Crippen molar-refractivity contribution in [3.05, 3.63) is 0 Å². The Balaban J connectivity index is 0.00000308. The molecule has 8 heteroatoms. The van der Waals surface area contributed by atoms with Crippen molar-refractivity contribution in [2.24, 2.45) is 11.8 Å². The summed E-state index contributed by atoms with van der Waals surface area (Å²) in [5.74, 6) is 3.33. The predicted molar refractivity (Wildman–Crippen MR) is 191 cm³/mol. The first kappa shape index (κ1) is 37.4. The van der Waals surface area contributed by atoms with Crippen LogP contribution >= 0.6 is 27.0 Å². The monoisotopic (exact) mass is 624 g/mol. The molecule has 0 amide bonds. The van der Waals surface area contributed by atoms with Crippen LogP contribution in [0.2, 0.25) is 0 Å². The average molecular weight is 625 g/mol. The van der Waals surface area contributed by atoms with E-state index in [9.17, 15) is 0 Å². The summed E-state index contributed by atoms with van der Waals surface area (Å²) in [5.41, 5.74) is 0. The molecule has 6 nitrogen and oxygen atoms in total. The lowest BCUT2D eigenvalue weighted by Gasteiger charge is -2.30. The van der Waals surface area contributed by atoms with Crippen molar-refractivity contribution in [1.29, 1.82) is 10.8 Å². The smallest absolute Gasteiger partial charge is 0.194 e. The first-order valence-electron chi connectivity index (χ1n) is 17.8. The number of unbranched alkanes of at least 4 members (excludes halogenated alkanes) is 6. The Labute approximate surface area is 273 Å². The van der Waals surface area contributed by atoms with E-state index < -0.39 is 0 Å². The van der Waals surface area contributed by atoms with Crippen LogP contribution in [-0.2, 0) is 0 Å². The summed E-state index contributed by atoms with van der Waals surface area (Å²) < 4.78 is 0. The van der Waals surface area contributed by atoms with Gasteiger partial charge in [0, 0.05) is 44.8 Å². The van der Waals surface area contributed by atoms with Gasteiger partial charge in [-0.15, -0.1) is 0 Å². The van der Waals surface area contributed by atoms with Crippen LogP contribution in [0.3, 0.4) is 0 Å². The lowest BCUT2D eigenvalue weighted by molar-refractivity contribution is 0.241. The molecule has 2 heterocycles. The molecule has 0 radical (unpaired) electrons. The number of hydrogen-bond donors (Lipinski definition) is 3. The molecule has 0 spiro atoms. The van der Waals surface area contributed by atoms with E-state index in [4.69, 9.17) is 10.8 Å². The molecule has 4 aliphatic rings. The van der Waals surface area contributed by atoms with Crippen molar-refractivity contribution in [1.82, 2.24) is 20.0 Å². The van der Waals surface area contributed by atoms with Crippen LogP contribution < -0.4 is 5.32 Å². The normalized spacial score (nSPS) is 23.7. The third-order valence-electron chi connectivity index (χ3n) is 10.7. The number of hydrogen-bond acceptors (Lipinski definition) is 2. The van der Waals surface area contributed by atoms with E-state index in [1.54, 1.807) is 0 Å². The summed E-state index contributed by atoms with van der Waals surface area (Å²) >= 11 is 0. The Kier molecular flexibility index (Phi) is 18.8. The Morgan fingerprint density at radius 2 is 1.24 bits per heavy atom. The maximum atomic E-state index is 9.06. The van der Waals surface area contributed by atoms with Gasteiger partial charge in [0.15, 0.2) is 11.9 Å². The lowest BCUT2D eigenvalue weighted by Crippen LogP contribution is -2.37. The van der Waals surface area contributed by atoms with Crippen LogP contribution in [0.15, 0.2) is 0 Å². The highest BCUT2D eigenvalue weighted by Gasteiger charge is 2.35. The quantitative estimate of drug-likeness (QED) is 0.135. The third kappa shape index (κ3) is 12.0. The first-order valence-corrected chi connectivity index (χ1v) is 17.8. The summed E-state index contributed by atoms with van der Waals surface area (Å²) in [7, 11) is 0. The van der Waals surface area contributed by atoms with Gasteiger partial charge in [0.05, 0.1) is 0 Å². The Hall–Kier alpha value is -0.760. The molecule has 2 aliphatic carbocycles. The maximum Gasteiger partial charge on any atom is 0.194 e. The molecule has 0 bridgehead atoms. The highest BCUT2D eigenvalue weighted by atomic mass is 32.1. The van der Waals surface area contributed by atoms with E-state index in [1.807, 2.05) is 0 Å². The van der Waals surface area contributed by atoms with Gasteiger partial charge in [0.1, 0.15) is 0 Å². The number of nitrogens with zero attached hydrogens (tertiary/aromatic N) is 3. The van der Waals surface area contributed by atoms with Crippen molar-refractivity contribution in [3.63, 3.8) is 0 Å². The van der Waals surface area contributed by atoms with Gasteiger partial charge < -0.3 is 20.0 Å². The van der Waals surface area contributed by atoms with Crippen LogP contribution in [0.4, 0.5) is 0 Å². The minimum absolute atomic E-state index is 0. The van der Waals surface area contributed by atoms with E-state index in [1.165, 1.54) is 141 Å². The van der Waals surface area contributed by atoms with E-state index in [-0.39, 0.29) is 27.0 Å². The van der Waals surface area contributed by atoms with Gasteiger partial charge in [-0.2, -0.15) is 27.0 Å². The summed E-state index contributed by atoms with van der Waals surface area (Å²) in [6.07, 6.45) is 29.7. The van der Waals surface area contributed by atoms with Crippen molar-refractivity contribution >= 4 is 38.9 Å². The van der Waals surface area contributed by atoms with Crippen molar-refractivity contribution in [2.45, 2.75) is 160 Å². The SMILES string of the molecule is CCCCCCCN1C(=N)N(CCCC[C@H]2CNC(=N)N2CCCCC2CCCCC2)C[C@@H]1CC1CCCCC1.S.S. The predicted octanol–water partition coefficient (Wildman–Crippen LogP) is 8.20. The molecular weight excluding hydrogens is 557 g/mol. The van der Waals surface area contributed by atoms with Crippen LogP contribution in [0.25, 0.3) is 0 Å². The molecule has 4 rings (SSSR count). The molecule has 0 aromatic rings. The average Bonchev–Trinajstić information content (AvgIpc) is 3.47. The number of guanidine groups is 2. The van der Waals surface area contributed by atoms with Gasteiger partial charge in [0.2, 0.25) is 0 Å². The van der Waals surface area contributed by atoms with Gasteiger partial charge in [-0.05, 0) is 50.4 Å². The molecule has 4 fully saturated rings. The lowest BCUT2D eigenvalue weighted by atomic mass is 9.84. The van der Waals surface area contributed by atoms with Crippen molar-refractivity contribution in [2.75, 3.05) is 32.7 Å². The standard InChI is InChI=1S/C34H64N6.2H2S/c1-2-3-4-5-14-25-40-32(26-30-20-10-7-11-21-30)28-38(34(40)36)23-15-13-22-31-27-37-33(35)39(31)24-16-12-19-29-17-8-6-9-18-29;;/h29-32,36H,2-28H2,1H3,(H2,35,37);2*1H2/t31-,32-;;/m0../s1. The Morgan fingerprint density at radius 3 is 1.95 bits per heavy atom. The van der Waals surface area contributed by atoms with E-state index in [0.717, 1.165) is 50.5 Å². The molecule has 2 aliphatic heterocycles. The second kappa shape index (κ2) is 21.1. The molecule has 3 N–H and O–H groups in total. The second-order valence-electron chi connectivity index (χ2n) is 13.8. The topological polar surface area (TPSA) is 69.5 Å². The number of nitrogens with one attached hydrogen (secondary N) is 3. The van der Waals surface area contributed by atoms with E-state index >= 15 is 0 Å². The summed E-state index contributed by atoms with van der Waals surface area (Å²) in [6, 6.07) is 1.05. The summed E-state index contributed by atoms with van der Waals surface area (Å²) in [5, 5.41) is 20.8. The molecule has 2 atom stereocenters. The molecule has 2 saturated heterocycles. The summed E-state index contributed by atoms with van der Waals surface area (Å²) in [6.45, 7) is 7.48. The number of rotatable bonds is 18.